The lowest BCUT2D eigenvalue weighted by Crippen LogP contribution is -2.39. The summed E-state index contributed by atoms with van der Waals surface area (Å²) in [6.07, 6.45) is 0.922. The van der Waals surface area contributed by atoms with E-state index >= 15 is 0 Å². The van der Waals surface area contributed by atoms with E-state index in [1.807, 2.05) is 19.9 Å². The molecule has 0 spiro atoms. The zero-order chi connectivity index (χ0) is 15.0. The summed E-state index contributed by atoms with van der Waals surface area (Å²) in [6, 6.07) is 14.0. The van der Waals surface area contributed by atoms with Crippen LogP contribution in [0.3, 0.4) is 0 Å². The summed E-state index contributed by atoms with van der Waals surface area (Å²) in [5, 5.41) is 2.92. The Morgan fingerprint density at radius 1 is 1.10 bits per heavy atom. The van der Waals surface area contributed by atoms with Crippen LogP contribution in [0.2, 0.25) is 0 Å². The normalized spacial score (nSPS) is 13.7. The molecule has 3 rings (SSSR count). The van der Waals surface area contributed by atoms with Crippen LogP contribution < -0.4 is 11.1 Å². The second-order valence-corrected chi connectivity index (χ2v) is 5.96. The molecule has 3 heteroatoms. The molecule has 0 saturated heterocycles. The number of fused-ring (bicyclic) bond motifs is 3. The van der Waals surface area contributed by atoms with Crippen molar-refractivity contribution < 1.29 is 4.79 Å². The largest absolute Gasteiger partial charge is 0.325 e. The van der Waals surface area contributed by atoms with Crippen LogP contribution in [0.15, 0.2) is 42.5 Å². The zero-order valence-electron chi connectivity index (χ0n) is 12.4. The molecule has 0 fully saturated rings. The van der Waals surface area contributed by atoms with Gasteiger partial charge in [0.1, 0.15) is 0 Å². The minimum Gasteiger partial charge on any atom is -0.325 e. The number of amides is 1. The molecule has 0 aliphatic heterocycles. The average Bonchev–Trinajstić information content (AvgIpc) is 2.83. The van der Waals surface area contributed by atoms with Gasteiger partial charge in [-0.1, -0.05) is 44.2 Å². The highest BCUT2D eigenvalue weighted by Gasteiger charge is 2.20. The summed E-state index contributed by atoms with van der Waals surface area (Å²) in [6.45, 7) is 3.90. The van der Waals surface area contributed by atoms with E-state index in [0.29, 0.717) is 0 Å². The smallest absolute Gasteiger partial charge is 0.241 e. The first-order valence-electron chi connectivity index (χ1n) is 7.34. The van der Waals surface area contributed by atoms with Crippen LogP contribution in [0.4, 0.5) is 5.69 Å². The van der Waals surface area contributed by atoms with E-state index < -0.39 is 6.04 Å². The van der Waals surface area contributed by atoms with Crippen LogP contribution >= 0.6 is 0 Å². The Morgan fingerprint density at radius 3 is 2.57 bits per heavy atom. The predicted octanol–water partition coefficient (Wildman–Crippen LogP) is 3.18. The van der Waals surface area contributed by atoms with Crippen molar-refractivity contribution >= 4 is 11.6 Å². The van der Waals surface area contributed by atoms with Crippen LogP contribution in [0.5, 0.6) is 0 Å². The Hall–Kier alpha value is -2.13. The van der Waals surface area contributed by atoms with Gasteiger partial charge >= 0.3 is 0 Å². The van der Waals surface area contributed by atoms with Crippen LogP contribution in [0, 0.1) is 5.92 Å². The third kappa shape index (κ3) is 2.57. The molecule has 21 heavy (non-hydrogen) atoms. The second kappa shape index (κ2) is 5.34. The maximum absolute atomic E-state index is 12.0. The SMILES string of the molecule is CC(C)C(N)C(=O)Nc1ccc2c(c1)Cc1ccccc1-2. The van der Waals surface area contributed by atoms with Crippen LogP contribution in [-0.4, -0.2) is 11.9 Å². The minimum atomic E-state index is -0.476. The van der Waals surface area contributed by atoms with Crippen LogP contribution in [0.1, 0.15) is 25.0 Å². The highest BCUT2D eigenvalue weighted by molar-refractivity contribution is 5.95. The van der Waals surface area contributed by atoms with Crippen molar-refractivity contribution in [3.8, 4) is 11.1 Å². The first-order chi connectivity index (χ1) is 10.1. The molecule has 0 heterocycles. The first-order valence-corrected chi connectivity index (χ1v) is 7.34. The minimum absolute atomic E-state index is 0.125. The summed E-state index contributed by atoms with van der Waals surface area (Å²) in [5.74, 6) is 0.00384. The van der Waals surface area contributed by atoms with E-state index in [1.165, 1.54) is 22.3 Å². The maximum Gasteiger partial charge on any atom is 0.241 e. The summed E-state index contributed by atoms with van der Waals surface area (Å²) < 4.78 is 0. The fraction of sp³-hybridized carbons (Fsp3) is 0.278. The van der Waals surface area contributed by atoms with Gasteiger partial charge in [0.2, 0.25) is 5.91 Å². The fourth-order valence-corrected chi connectivity index (χ4v) is 2.75. The third-order valence-corrected chi connectivity index (χ3v) is 4.08. The van der Waals surface area contributed by atoms with Gasteiger partial charge in [0.05, 0.1) is 6.04 Å². The first kappa shape index (κ1) is 13.8. The van der Waals surface area contributed by atoms with E-state index in [1.54, 1.807) is 0 Å². The zero-order valence-corrected chi connectivity index (χ0v) is 12.4. The second-order valence-electron chi connectivity index (χ2n) is 5.96. The van der Waals surface area contributed by atoms with Crippen molar-refractivity contribution in [2.24, 2.45) is 11.7 Å². The molecule has 0 aromatic heterocycles. The van der Waals surface area contributed by atoms with E-state index in [2.05, 4.69) is 41.7 Å². The highest BCUT2D eigenvalue weighted by atomic mass is 16.2. The summed E-state index contributed by atoms with van der Waals surface area (Å²) in [5.41, 5.74) is 11.9. The van der Waals surface area contributed by atoms with E-state index in [9.17, 15) is 4.79 Å². The van der Waals surface area contributed by atoms with Crippen molar-refractivity contribution in [1.29, 1.82) is 0 Å². The van der Waals surface area contributed by atoms with Crippen molar-refractivity contribution in [2.45, 2.75) is 26.3 Å². The van der Waals surface area contributed by atoms with E-state index in [4.69, 9.17) is 5.73 Å². The quantitative estimate of drug-likeness (QED) is 0.774. The Labute approximate surface area is 125 Å². The molecule has 2 aromatic rings. The summed E-state index contributed by atoms with van der Waals surface area (Å²) >= 11 is 0. The standard InChI is InChI=1S/C18H20N2O/c1-11(2)17(19)18(21)20-14-7-8-16-13(10-14)9-12-5-3-4-6-15(12)16/h3-8,10-11,17H,9,19H2,1-2H3,(H,20,21). The van der Waals surface area contributed by atoms with Crippen molar-refractivity contribution in [2.75, 3.05) is 5.32 Å². The molecule has 1 aliphatic rings. The lowest BCUT2D eigenvalue weighted by Gasteiger charge is -2.15. The van der Waals surface area contributed by atoms with Gasteiger partial charge in [-0.2, -0.15) is 0 Å². The number of anilines is 1. The van der Waals surface area contributed by atoms with Crippen molar-refractivity contribution in [3.63, 3.8) is 0 Å². The summed E-state index contributed by atoms with van der Waals surface area (Å²) in [4.78, 5) is 12.0. The van der Waals surface area contributed by atoms with Gasteiger partial charge in [0.25, 0.3) is 0 Å². The Morgan fingerprint density at radius 2 is 1.81 bits per heavy atom. The average molecular weight is 280 g/mol. The molecule has 1 unspecified atom stereocenters. The molecule has 0 saturated carbocycles. The van der Waals surface area contributed by atoms with Gasteiger partial charge in [-0.15, -0.1) is 0 Å². The van der Waals surface area contributed by atoms with Crippen LogP contribution in [-0.2, 0) is 11.2 Å². The Kier molecular flexibility index (Phi) is 3.52. The van der Waals surface area contributed by atoms with Gasteiger partial charge in [-0.05, 0) is 46.7 Å². The number of hydrogen-bond acceptors (Lipinski definition) is 2. The number of carbonyl (C=O) groups is 1. The molecule has 3 N–H and O–H groups in total. The molecular formula is C18H20N2O. The number of benzene rings is 2. The topological polar surface area (TPSA) is 55.1 Å². The molecule has 1 amide bonds. The number of rotatable bonds is 3. The maximum atomic E-state index is 12.0. The molecule has 0 bridgehead atoms. The monoisotopic (exact) mass is 280 g/mol. The van der Waals surface area contributed by atoms with E-state index in [-0.39, 0.29) is 11.8 Å². The van der Waals surface area contributed by atoms with Gasteiger partial charge in [-0.25, -0.2) is 0 Å². The third-order valence-electron chi connectivity index (χ3n) is 4.08. The Balaban J connectivity index is 1.83. The van der Waals surface area contributed by atoms with Gasteiger partial charge in [0, 0.05) is 5.69 Å². The van der Waals surface area contributed by atoms with Gasteiger partial charge in [0.15, 0.2) is 0 Å². The van der Waals surface area contributed by atoms with Crippen molar-refractivity contribution in [3.05, 3.63) is 53.6 Å². The molecule has 3 nitrogen and oxygen atoms in total. The highest BCUT2D eigenvalue weighted by Crippen LogP contribution is 2.37. The molecule has 0 radical (unpaired) electrons. The molecule has 2 aromatic carbocycles. The van der Waals surface area contributed by atoms with Gasteiger partial charge < -0.3 is 11.1 Å². The summed E-state index contributed by atoms with van der Waals surface area (Å²) in [7, 11) is 0. The lowest BCUT2D eigenvalue weighted by atomic mass is 10.0. The molecule has 108 valence electrons. The Bertz CT molecular complexity index is 691. The number of carbonyl (C=O) groups excluding carboxylic acids is 1. The van der Waals surface area contributed by atoms with Gasteiger partial charge in [-0.3, -0.25) is 4.79 Å². The number of nitrogens with one attached hydrogen (secondary N) is 1. The lowest BCUT2D eigenvalue weighted by molar-refractivity contribution is -0.118. The molecule has 1 aliphatic carbocycles. The molecule has 1 atom stereocenters. The number of nitrogens with two attached hydrogens (primary N) is 1. The van der Waals surface area contributed by atoms with E-state index in [0.717, 1.165) is 12.1 Å². The number of hydrogen-bond donors (Lipinski definition) is 2. The molecular weight excluding hydrogens is 260 g/mol. The van der Waals surface area contributed by atoms with Crippen LogP contribution in [0.25, 0.3) is 11.1 Å². The van der Waals surface area contributed by atoms with Crippen molar-refractivity contribution in [1.82, 2.24) is 0 Å². The predicted molar refractivity (Wildman–Crippen MR) is 86.1 cm³/mol. The fourth-order valence-electron chi connectivity index (χ4n) is 2.75.